The third-order valence-electron chi connectivity index (χ3n) is 16.8. The first-order chi connectivity index (χ1) is 49.0. The summed E-state index contributed by atoms with van der Waals surface area (Å²) in [5.74, 6) is 0.450. The molecule has 10 aromatic rings. The van der Waals surface area contributed by atoms with E-state index in [1.165, 1.54) is 41.6 Å². The molecule has 0 saturated heterocycles. The van der Waals surface area contributed by atoms with Crippen LogP contribution in [0.4, 0.5) is 111 Å². The van der Waals surface area contributed by atoms with Crippen LogP contribution in [-0.4, -0.2) is 16.1 Å². The summed E-state index contributed by atoms with van der Waals surface area (Å²) >= 11 is 0. The summed E-state index contributed by atoms with van der Waals surface area (Å²) in [4.78, 5) is 0.772. The van der Waals surface area contributed by atoms with Gasteiger partial charge in [-0.25, -0.2) is 4.21 Å². The summed E-state index contributed by atoms with van der Waals surface area (Å²) in [6, 6.07) is 45.3. The van der Waals surface area contributed by atoms with E-state index in [0.717, 1.165) is 26.9 Å². The zero-order valence-electron chi connectivity index (χ0n) is 54.2. The molecule has 1 saturated carbocycles. The minimum absolute atomic E-state index is 0. The Morgan fingerprint density at radius 1 is 0.330 bits per heavy atom. The van der Waals surface area contributed by atoms with Gasteiger partial charge in [0, 0.05) is 36.1 Å². The van der Waals surface area contributed by atoms with Crippen LogP contribution in [0.2, 0.25) is 0 Å². The quantitative estimate of drug-likeness (QED) is 0.0681. The number of hydrogen-bond donors (Lipinski definition) is 0. The molecule has 1 aliphatic carbocycles. The number of halogens is 24. The minimum atomic E-state index is -6.13. The first kappa shape index (κ1) is 83.5. The molecular weight excluding hydrogens is 1660 g/mol. The number of benzene rings is 10. The second-order valence-corrected chi connectivity index (χ2v) is 28.5. The van der Waals surface area contributed by atoms with Crippen molar-refractivity contribution >= 4 is 78.0 Å². The van der Waals surface area contributed by atoms with Crippen LogP contribution in [0.5, 0.6) is 0 Å². The van der Waals surface area contributed by atoms with E-state index in [0.29, 0.717) is 12.2 Å². The fourth-order valence-electron chi connectivity index (χ4n) is 12.0. The number of alkyl halides is 24. The molecule has 561 valence electrons. The number of nitrogens with zero attached hydrogens (tertiary/aromatic N) is 1. The SMILES string of the molecule is FC(F)(F)c1cc([B-](c2cc(C(F)(F)F)cc(C(F)(F)F)c2)(c2cc(C(F)(F)F)cc(C(F)(F)F)c2)c2cc(C(F)(F)F)cc(C(F)(F)F)c2)cc(C(F)(F)F)c1.O=[S@](CCc1ccccc1)(=Nc1cccc2cccc(P(c3ccccc3)c3ccccc3)c12)c1ccccc1.[CH]1[CH]CC[CH][CH]CC1.[Ir]. The first-order valence-corrected chi connectivity index (χ1v) is 34.4. The van der Waals surface area contributed by atoms with Crippen molar-refractivity contribution in [1.82, 2.24) is 0 Å². The first-order valence-electron chi connectivity index (χ1n) is 31.4. The van der Waals surface area contributed by atoms with E-state index in [9.17, 15) is 110 Å². The molecule has 0 spiro atoms. The molecule has 5 radical (unpaired) electrons. The standard InChI is InChI=1S/C36H30NOPS.C32H12BF24.C8H12.Ir/c38-40(33-23-11-4-12-24-33,28-27-29-15-5-1-6-16-29)37-34-25-13-17-30-18-14-26-35(36(30)34)39(31-19-7-2-8-20-31)32-21-9-3-10-22-32;34-25(35,36)13-1-14(26(37,38)39)6-21(5-13)33(22-7-15(27(40,41)42)2-16(8-22)28(43,44)45,23-9-17(29(46,47)48)3-18(10-23)30(49,50)51)24-11-19(31(52,53)54)4-20(12-24)32(55,56)57;1-2-4-6-8-7-5-3-1;/h1-26H,27-28H2;1-12H;1-2,7-8H,3-6H2;/q;-1;;/t40-;;;/m0.../s1. The number of aryl methyl sites for hydroxylation is 1. The molecule has 1 fully saturated rings. The van der Waals surface area contributed by atoms with Crippen LogP contribution in [-0.2, 0) is 85.7 Å². The monoisotopic (exact) mass is 1720 g/mol. The molecule has 2 nitrogen and oxygen atoms in total. The van der Waals surface area contributed by atoms with Gasteiger partial charge in [-0.05, 0) is 135 Å². The third-order valence-corrected chi connectivity index (χ3v) is 21.5. The molecule has 0 amide bonds. The van der Waals surface area contributed by atoms with Crippen LogP contribution in [0.3, 0.4) is 0 Å². The van der Waals surface area contributed by atoms with E-state index < -0.39 is 212 Å². The van der Waals surface area contributed by atoms with Crippen molar-refractivity contribution < 1.29 is 130 Å². The Morgan fingerprint density at radius 2 is 0.604 bits per heavy atom. The predicted molar refractivity (Wildman–Crippen MR) is 358 cm³/mol. The minimum Gasteiger partial charge on any atom is -0.244 e. The molecule has 0 unspecified atom stereocenters. The second kappa shape index (κ2) is 33.2. The summed E-state index contributed by atoms with van der Waals surface area (Å²) in [7, 11) is -3.60. The summed E-state index contributed by atoms with van der Waals surface area (Å²) in [5.41, 5.74) is -28.3. The van der Waals surface area contributed by atoms with Crippen LogP contribution in [0.15, 0.2) is 240 Å². The molecule has 1 atom stereocenters. The van der Waals surface area contributed by atoms with Crippen molar-refractivity contribution in [1.29, 1.82) is 0 Å². The molecular formula is C76H54BF24IrNOPS-. The van der Waals surface area contributed by atoms with Crippen molar-refractivity contribution in [3.05, 3.63) is 306 Å². The van der Waals surface area contributed by atoms with Gasteiger partial charge < -0.3 is 0 Å². The summed E-state index contributed by atoms with van der Waals surface area (Å²) < 4.78 is 361. The van der Waals surface area contributed by atoms with E-state index in [4.69, 9.17) is 4.36 Å². The molecule has 11 rings (SSSR count). The maximum atomic E-state index is 14.8. The molecule has 0 aromatic heterocycles. The summed E-state index contributed by atoms with van der Waals surface area (Å²) in [5, 5.41) is 5.96. The Labute approximate surface area is 607 Å². The predicted octanol–water partition coefficient (Wildman–Crippen LogP) is 21.6. The van der Waals surface area contributed by atoms with Gasteiger partial charge in [0.1, 0.15) is 6.15 Å². The van der Waals surface area contributed by atoms with E-state index in [1.807, 2.05) is 60.7 Å². The smallest absolute Gasteiger partial charge is 0.244 e. The molecule has 0 bridgehead atoms. The van der Waals surface area contributed by atoms with Gasteiger partial charge >= 0.3 is 49.4 Å². The van der Waals surface area contributed by atoms with Crippen LogP contribution < -0.4 is 37.8 Å². The molecule has 1 aliphatic rings. The van der Waals surface area contributed by atoms with Gasteiger partial charge in [0.25, 0.3) is 0 Å². The summed E-state index contributed by atoms with van der Waals surface area (Å²) in [6.45, 7) is 0. The molecule has 0 heterocycles. The second-order valence-electron chi connectivity index (χ2n) is 24.0. The topological polar surface area (TPSA) is 29.4 Å². The van der Waals surface area contributed by atoms with E-state index in [1.54, 1.807) is 0 Å². The Hall–Kier alpha value is -8.13. The molecule has 10 aromatic carbocycles. The van der Waals surface area contributed by atoms with Crippen LogP contribution in [0, 0.1) is 25.7 Å². The van der Waals surface area contributed by atoms with Gasteiger partial charge in [-0.3, -0.25) is 0 Å². The van der Waals surface area contributed by atoms with Crippen LogP contribution in [0.1, 0.15) is 75.8 Å². The zero-order chi connectivity index (χ0) is 76.8. The number of hydrogen-bond acceptors (Lipinski definition) is 2. The largest absolute Gasteiger partial charge is 0.416 e. The maximum Gasteiger partial charge on any atom is 0.416 e. The van der Waals surface area contributed by atoms with Crippen molar-refractivity contribution in [2.75, 3.05) is 5.75 Å². The number of fused-ring (bicyclic) bond motifs is 1. The van der Waals surface area contributed by atoms with Gasteiger partial charge in [-0.15, -0.1) is 0 Å². The molecule has 30 heteroatoms. The third kappa shape index (κ3) is 20.6. The fourth-order valence-corrected chi connectivity index (χ4v) is 16.5. The van der Waals surface area contributed by atoms with E-state index in [2.05, 4.69) is 123 Å². The summed E-state index contributed by atoms with van der Waals surface area (Å²) in [6.07, 6.45) is -40.1. The van der Waals surface area contributed by atoms with Crippen molar-refractivity contribution in [2.45, 2.75) is 86.4 Å². The number of rotatable bonds is 12. The van der Waals surface area contributed by atoms with Crippen LogP contribution >= 0.6 is 7.92 Å². The van der Waals surface area contributed by atoms with E-state index >= 15 is 0 Å². The van der Waals surface area contributed by atoms with E-state index in [-0.39, 0.29) is 20.1 Å². The van der Waals surface area contributed by atoms with Gasteiger partial charge in [0.05, 0.1) is 59.9 Å². The van der Waals surface area contributed by atoms with Gasteiger partial charge in [0.2, 0.25) is 0 Å². The maximum absolute atomic E-state index is 14.8. The fraction of sp³-hybridized carbons (Fsp3) is 0.184. The van der Waals surface area contributed by atoms with Gasteiger partial charge in [-0.2, -0.15) is 132 Å². The normalized spacial score (nSPS) is 14.3. The van der Waals surface area contributed by atoms with Crippen molar-refractivity contribution in [3.8, 4) is 0 Å². The Morgan fingerprint density at radius 3 is 0.896 bits per heavy atom. The van der Waals surface area contributed by atoms with Crippen molar-refractivity contribution in [3.63, 3.8) is 0 Å². The average Bonchev–Trinajstić information content (AvgIpc) is 0.708. The van der Waals surface area contributed by atoms with Crippen molar-refractivity contribution in [2.24, 2.45) is 4.36 Å². The zero-order valence-corrected chi connectivity index (χ0v) is 58.3. The van der Waals surface area contributed by atoms with Gasteiger partial charge in [-0.1, -0.05) is 188 Å². The Balaban J connectivity index is 0.000000250. The molecule has 0 aliphatic heterocycles. The average molecular weight is 1720 g/mol. The van der Waals surface area contributed by atoms with Crippen LogP contribution in [0.25, 0.3) is 10.8 Å². The molecule has 0 N–H and O–H groups in total. The Kier molecular flexibility index (Phi) is 26.1. The van der Waals surface area contributed by atoms with Gasteiger partial charge in [0.15, 0.2) is 0 Å². The molecule has 106 heavy (non-hydrogen) atoms. The Bertz CT molecular complexity index is 4240.